The third kappa shape index (κ3) is 6.38. The Labute approximate surface area is 168 Å². The summed E-state index contributed by atoms with van der Waals surface area (Å²) in [7, 11) is 0. The van der Waals surface area contributed by atoms with Crippen LogP contribution in [0.1, 0.15) is 85.0 Å². The molecular weight excluding hydrogens is 358 g/mol. The number of nitrogens with one attached hydrogen (secondary N) is 2. The van der Waals surface area contributed by atoms with Gasteiger partial charge in [0, 0.05) is 12.1 Å². The third-order valence-corrected chi connectivity index (χ3v) is 5.81. The SMILES string of the molecule is CCOC(=O)NC(C(=O)N(C(=O)NC1CCCCC1)C1CCCCC1)C(C)C. The summed E-state index contributed by atoms with van der Waals surface area (Å²) in [5.74, 6) is -0.478. The highest BCUT2D eigenvalue weighted by Crippen LogP contribution is 2.25. The molecule has 1 unspecified atom stereocenters. The summed E-state index contributed by atoms with van der Waals surface area (Å²) in [5, 5.41) is 5.75. The number of amides is 4. The minimum atomic E-state index is -0.780. The van der Waals surface area contributed by atoms with E-state index in [1.165, 1.54) is 11.3 Å². The van der Waals surface area contributed by atoms with Crippen molar-refractivity contribution in [2.24, 2.45) is 5.92 Å². The monoisotopic (exact) mass is 395 g/mol. The van der Waals surface area contributed by atoms with Gasteiger partial charge in [0.2, 0.25) is 0 Å². The second kappa shape index (κ2) is 11.3. The van der Waals surface area contributed by atoms with E-state index in [1.54, 1.807) is 6.92 Å². The van der Waals surface area contributed by atoms with Gasteiger partial charge in [0.05, 0.1) is 6.61 Å². The minimum Gasteiger partial charge on any atom is -0.450 e. The summed E-state index contributed by atoms with van der Waals surface area (Å²) in [6, 6.07) is -1.05. The van der Waals surface area contributed by atoms with Crippen LogP contribution in [0.4, 0.5) is 9.59 Å². The van der Waals surface area contributed by atoms with Crippen molar-refractivity contribution in [1.29, 1.82) is 0 Å². The molecule has 2 aliphatic rings. The molecular formula is C21H37N3O4. The number of hydrogen-bond donors (Lipinski definition) is 2. The van der Waals surface area contributed by atoms with Crippen LogP contribution in [0, 0.1) is 5.92 Å². The summed E-state index contributed by atoms with van der Waals surface area (Å²) in [4.78, 5) is 39.9. The Kier molecular flexibility index (Phi) is 9.06. The van der Waals surface area contributed by atoms with Crippen LogP contribution < -0.4 is 10.6 Å². The first-order chi connectivity index (χ1) is 13.4. The predicted molar refractivity (Wildman–Crippen MR) is 108 cm³/mol. The van der Waals surface area contributed by atoms with Crippen LogP contribution >= 0.6 is 0 Å². The van der Waals surface area contributed by atoms with Gasteiger partial charge in [-0.25, -0.2) is 9.59 Å². The Hall–Kier alpha value is -1.79. The van der Waals surface area contributed by atoms with Crippen molar-refractivity contribution in [3.05, 3.63) is 0 Å². The molecule has 2 N–H and O–H groups in total. The lowest BCUT2D eigenvalue weighted by atomic mass is 9.92. The average molecular weight is 396 g/mol. The highest BCUT2D eigenvalue weighted by molar-refractivity contribution is 5.99. The van der Waals surface area contributed by atoms with Crippen molar-refractivity contribution in [2.75, 3.05) is 6.61 Å². The van der Waals surface area contributed by atoms with E-state index < -0.39 is 12.1 Å². The van der Waals surface area contributed by atoms with E-state index in [9.17, 15) is 14.4 Å². The Morgan fingerprint density at radius 2 is 1.54 bits per heavy atom. The zero-order chi connectivity index (χ0) is 20.5. The molecule has 7 heteroatoms. The number of nitrogens with zero attached hydrogens (tertiary/aromatic N) is 1. The highest BCUT2D eigenvalue weighted by Gasteiger charge is 2.38. The second-order valence-corrected chi connectivity index (χ2v) is 8.37. The molecule has 1 atom stereocenters. The van der Waals surface area contributed by atoms with E-state index in [4.69, 9.17) is 4.74 Å². The summed E-state index contributed by atoms with van der Waals surface area (Å²) in [6.45, 7) is 5.69. The van der Waals surface area contributed by atoms with E-state index in [0.29, 0.717) is 0 Å². The molecule has 2 rings (SSSR count). The summed E-state index contributed by atoms with van der Waals surface area (Å²) >= 11 is 0. The van der Waals surface area contributed by atoms with E-state index in [1.807, 2.05) is 13.8 Å². The van der Waals surface area contributed by atoms with E-state index in [0.717, 1.165) is 57.8 Å². The number of carbonyl (C=O) groups excluding carboxylic acids is 3. The topological polar surface area (TPSA) is 87.7 Å². The van der Waals surface area contributed by atoms with Gasteiger partial charge in [-0.3, -0.25) is 9.69 Å². The highest BCUT2D eigenvalue weighted by atomic mass is 16.5. The first-order valence-electron chi connectivity index (χ1n) is 11.0. The average Bonchev–Trinajstić information content (AvgIpc) is 2.68. The minimum absolute atomic E-state index is 0.102. The van der Waals surface area contributed by atoms with Gasteiger partial charge in [-0.2, -0.15) is 0 Å². The fourth-order valence-electron chi connectivity index (χ4n) is 4.24. The molecule has 0 spiro atoms. The van der Waals surface area contributed by atoms with Crippen molar-refractivity contribution < 1.29 is 19.1 Å². The molecule has 0 aromatic carbocycles. The lowest BCUT2D eigenvalue weighted by molar-refractivity contribution is -0.133. The lowest BCUT2D eigenvalue weighted by Gasteiger charge is -2.37. The fourth-order valence-corrected chi connectivity index (χ4v) is 4.24. The van der Waals surface area contributed by atoms with Gasteiger partial charge in [-0.05, 0) is 38.5 Å². The Bertz CT molecular complexity index is 526. The molecule has 0 heterocycles. The number of rotatable bonds is 6. The first-order valence-corrected chi connectivity index (χ1v) is 11.0. The van der Waals surface area contributed by atoms with Gasteiger partial charge in [-0.15, -0.1) is 0 Å². The van der Waals surface area contributed by atoms with E-state index in [-0.39, 0.29) is 36.5 Å². The molecule has 2 aliphatic carbocycles. The Balaban J connectivity index is 2.16. The van der Waals surface area contributed by atoms with Crippen LogP contribution in [-0.4, -0.2) is 47.7 Å². The van der Waals surface area contributed by atoms with Gasteiger partial charge in [0.25, 0.3) is 5.91 Å². The zero-order valence-corrected chi connectivity index (χ0v) is 17.7. The van der Waals surface area contributed by atoms with Crippen LogP contribution in [0.5, 0.6) is 0 Å². The normalized spacial score (nSPS) is 19.7. The molecule has 2 saturated carbocycles. The Morgan fingerprint density at radius 3 is 2.07 bits per heavy atom. The molecule has 160 valence electrons. The summed E-state index contributed by atoms with van der Waals surface area (Å²) < 4.78 is 4.96. The van der Waals surface area contributed by atoms with Crippen molar-refractivity contribution in [2.45, 2.75) is 103 Å². The molecule has 2 fully saturated rings. The van der Waals surface area contributed by atoms with Crippen molar-refractivity contribution >= 4 is 18.0 Å². The van der Waals surface area contributed by atoms with Crippen LogP contribution in [0.2, 0.25) is 0 Å². The van der Waals surface area contributed by atoms with Gasteiger partial charge < -0.3 is 15.4 Å². The zero-order valence-electron chi connectivity index (χ0n) is 17.7. The third-order valence-electron chi connectivity index (χ3n) is 5.81. The van der Waals surface area contributed by atoms with Gasteiger partial charge >= 0.3 is 12.1 Å². The van der Waals surface area contributed by atoms with Gasteiger partial charge in [-0.1, -0.05) is 52.4 Å². The van der Waals surface area contributed by atoms with E-state index >= 15 is 0 Å². The fraction of sp³-hybridized carbons (Fsp3) is 0.857. The number of alkyl carbamates (subject to hydrolysis) is 1. The van der Waals surface area contributed by atoms with Crippen molar-refractivity contribution in [3.8, 4) is 0 Å². The molecule has 0 aliphatic heterocycles. The maximum absolute atomic E-state index is 13.4. The maximum Gasteiger partial charge on any atom is 0.407 e. The van der Waals surface area contributed by atoms with Gasteiger partial charge in [0.1, 0.15) is 6.04 Å². The van der Waals surface area contributed by atoms with Crippen LogP contribution in [-0.2, 0) is 9.53 Å². The van der Waals surface area contributed by atoms with Crippen molar-refractivity contribution in [3.63, 3.8) is 0 Å². The molecule has 0 saturated heterocycles. The number of ether oxygens (including phenoxy) is 1. The number of imide groups is 1. The first kappa shape index (κ1) is 22.5. The molecule has 4 amide bonds. The van der Waals surface area contributed by atoms with Crippen LogP contribution in [0.15, 0.2) is 0 Å². The molecule has 0 bridgehead atoms. The summed E-state index contributed by atoms with van der Waals surface area (Å²) in [5.41, 5.74) is 0. The van der Waals surface area contributed by atoms with E-state index in [2.05, 4.69) is 10.6 Å². The lowest BCUT2D eigenvalue weighted by Crippen LogP contribution is -2.59. The van der Waals surface area contributed by atoms with Crippen molar-refractivity contribution in [1.82, 2.24) is 15.5 Å². The smallest absolute Gasteiger partial charge is 0.407 e. The predicted octanol–water partition coefficient (Wildman–Crippen LogP) is 3.96. The molecule has 28 heavy (non-hydrogen) atoms. The van der Waals surface area contributed by atoms with Crippen LogP contribution in [0.3, 0.4) is 0 Å². The Morgan fingerprint density at radius 1 is 0.964 bits per heavy atom. The molecule has 0 aromatic rings. The standard InChI is InChI=1S/C21H37N3O4/c1-4-28-21(27)23-18(15(2)3)19(25)24(17-13-9-6-10-14-17)20(26)22-16-11-7-5-8-12-16/h15-18H,4-14H2,1-3H3,(H,22,26)(H,23,27). The molecule has 0 radical (unpaired) electrons. The maximum atomic E-state index is 13.4. The molecule has 7 nitrogen and oxygen atoms in total. The summed E-state index contributed by atoms with van der Waals surface area (Å²) in [6.07, 6.45) is 9.57. The second-order valence-electron chi connectivity index (χ2n) is 8.37. The largest absolute Gasteiger partial charge is 0.450 e. The number of carbonyl (C=O) groups is 3. The quantitative estimate of drug-likeness (QED) is 0.712. The van der Waals surface area contributed by atoms with Crippen LogP contribution in [0.25, 0.3) is 0 Å². The van der Waals surface area contributed by atoms with Gasteiger partial charge in [0.15, 0.2) is 0 Å². The number of hydrogen-bond acceptors (Lipinski definition) is 4. The molecule has 0 aromatic heterocycles. The number of urea groups is 1.